The summed E-state index contributed by atoms with van der Waals surface area (Å²) in [5, 5.41) is 15.5. The van der Waals surface area contributed by atoms with E-state index in [0.717, 1.165) is 18.4 Å². The van der Waals surface area contributed by atoms with Crippen molar-refractivity contribution in [2.24, 2.45) is 5.41 Å². The van der Waals surface area contributed by atoms with Crippen LogP contribution in [0.25, 0.3) is 0 Å². The van der Waals surface area contributed by atoms with E-state index in [1.165, 1.54) is 0 Å². The second kappa shape index (κ2) is 2.98. The van der Waals surface area contributed by atoms with Gasteiger partial charge in [0.2, 0.25) is 0 Å². The highest BCUT2D eigenvalue weighted by atomic mass is 16.3. The number of aromatic nitrogens is 2. The number of aliphatic hydroxyl groups is 1. The fourth-order valence-electron chi connectivity index (χ4n) is 2.60. The molecule has 1 aromatic heterocycles. The summed E-state index contributed by atoms with van der Waals surface area (Å²) in [5.74, 6) is 0.127. The molecular formula is C11H18N2O2. The Labute approximate surface area is 88.7 Å². The zero-order valence-corrected chi connectivity index (χ0v) is 9.42. The highest BCUT2D eigenvalue weighted by Gasteiger charge is 2.51. The molecule has 1 fully saturated rings. The van der Waals surface area contributed by atoms with E-state index in [0.29, 0.717) is 0 Å². The molecule has 2 rings (SSSR count). The Morgan fingerprint density at radius 1 is 1.47 bits per heavy atom. The van der Waals surface area contributed by atoms with Crippen molar-refractivity contribution < 1.29 is 5.11 Å². The van der Waals surface area contributed by atoms with Crippen LogP contribution in [0.5, 0.6) is 0 Å². The van der Waals surface area contributed by atoms with Crippen LogP contribution in [0, 0.1) is 5.41 Å². The van der Waals surface area contributed by atoms with Gasteiger partial charge in [-0.05, 0) is 25.7 Å². The molecule has 15 heavy (non-hydrogen) atoms. The van der Waals surface area contributed by atoms with Crippen LogP contribution in [0.15, 0.2) is 11.0 Å². The van der Waals surface area contributed by atoms with Crippen molar-refractivity contribution in [1.82, 2.24) is 10.2 Å². The van der Waals surface area contributed by atoms with Crippen LogP contribution < -0.4 is 5.56 Å². The van der Waals surface area contributed by atoms with Crippen molar-refractivity contribution in [3.63, 3.8) is 0 Å². The lowest BCUT2D eigenvalue weighted by molar-refractivity contribution is -0.0315. The molecule has 4 nitrogen and oxygen atoms in total. The first kappa shape index (κ1) is 10.5. The van der Waals surface area contributed by atoms with Gasteiger partial charge in [-0.2, -0.15) is 0 Å². The second-order valence-electron chi connectivity index (χ2n) is 5.28. The third-order valence-corrected chi connectivity index (χ3v) is 4.23. The lowest BCUT2D eigenvalue weighted by Gasteiger charge is -2.37. The minimum Gasteiger partial charge on any atom is -0.390 e. The van der Waals surface area contributed by atoms with Crippen LogP contribution in [-0.2, 0) is 0 Å². The number of hydrogen-bond donors (Lipinski definition) is 3. The van der Waals surface area contributed by atoms with E-state index >= 15 is 0 Å². The van der Waals surface area contributed by atoms with Crippen LogP contribution in [0.3, 0.4) is 0 Å². The molecular weight excluding hydrogens is 192 g/mol. The Kier molecular flexibility index (Phi) is 2.08. The summed E-state index contributed by atoms with van der Waals surface area (Å²) in [4.78, 5) is 11.5. The Hall–Kier alpha value is -1.03. The molecule has 3 N–H and O–H groups in total. The summed E-state index contributed by atoms with van der Waals surface area (Å²) < 4.78 is 0. The van der Waals surface area contributed by atoms with Crippen molar-refractivity contribution >= 4 is 0 Å². The van der Waals surface area contributed by atoms with Crippen molar-refractivity contribution in [2.75, 3.05) is 0 Å². The summed E-state index contributed by atoms with van der Waals surface area (Å²) in [5.41, 5.74) is -0.257. The molecule has 1 aromatic rings. The summed E-state index contributed by atoms with van der Waals surface area (Å²) in [6.07, 6.45) is 3.33. The van der Waals surface area contributed by atoms with Gasteiger partial charge >= 0.3 is 0 Å². The summed E-state index contributed by atoms with van der Waals surface area (Å²) >= 11 is 0. The van der Waals surface area contributed by atoms with Gasteiger partial charge in [0.25, 0.3) is 5.56 Å². The van der Waals surface area contributed by atoms with Gasteiger partial charge in [-0.15, -0.1) is 0 Å². The number of nitrogens with one attached hydrogen (secondary N) is 2. The molecule has 1 heterocycles. The molecule has 0 aromatic carbocycles. The van der Waals surface area contributed by atoms with E-state index in [2.05, 4.69) is 10.2 Å². The van der Waals surface area contributed by atoms with Gasteiger partial charge in [0.1, 0.15) is 0 Å². The lowest BCUT2D eigenvalue weighted by Crippen LogP contribution is -2.39. The van der Waals surface area contributed by atoms with Crippen molar-refractivity contribution in [1.29, 1.82) is 0 Å². The first-order valence-corrected chi connectivity index (χ1v) is 5.34. The minimum atomic E-state index is -0.693. The molecule has 1 aliphatic carbocycles. The minimum absolute atomic E-state index is 0.0641. The Morgan fingerprint density at radius 3 is 2.53 bits per heavy atom. The fourth-order valence-corrected chi connectivity index (χ4v) is 2.60. The molecule has 2 atom stereocenters. The summed E-state index contributed by atoms with van der Waals surface area (Å²) in [6.45, 7) is 5.90. The molecule has 0 unspecified atom stereocenters. The SMILES string of the molecule is CC1(C)[C@@H](c2c[nH][nH]c2=O)CC[C@@]1(C)O. The van der Waals surface area contributed by atoms with E-state index in [1.807, 2.05) is 20.8 Å². The van der Waals surface area contributed by atoms with Crippen LogP contribution in [0.2, 0.25) is 0 Å². The summed E-state index contributed by atoms with van der Waals surface area (Å²) in [7, 11) is 0. The Morgan fingerprint density at radius 2 is 2.13 bits per heavy atom. The number of rotatable bonds is 1. The third-order valence-electron chi connectivity index (χ3n) is 4.23. The molecule has 1 aliphatic rings. The highest BCUT2D eigenvalue weighted by molar-refractivity contribution is 5.20. The molecule has 4 heteroatoms. The predicted molar refractivity (Wildman–Crippen MR) is 57.8 cm³/mol. The molecule has 0 saturated heterocycles. The van der Waals surface area contributed by atoms with Crippen molar-refractivity contribution in [3.05, 3.63) is 22.1 Å². The van der Waals surface area contributed by atoms with E-state index in [-0.39, 0.29) is 16.9 Å². The van der Waals surface area contributed by atoms with Crippen molar-refractivity contribution in [3.8, 4) is 0 Å². The maximum absolute atomic E-state index is 11.5. The van der Waals surface area contributed by atoms with Crippen molar-refractivity contribution in [2.45, 2.75) is 45.1 Å². The number of hydrogen-bond acceptors (Lipinski definition) is 2. The maximum Gasteiger partial charge on any atom is 0.267 e. The largest absolute Gasteiger partial charge is 0.390 e. The zero-order chi connectivity index (χ0) is 11.3. The first-order valence-electron chi connectivity index (χ1n) is 5.34. The molecule has 0 bridgehead atoms. The molecule has 0 spiro atoms. The van der Waals surface area contributed by atoms with Crippen LogP contribution >= 0.6 is 0 Å². The normalized spacial score (nSPS) is 34.5. The molecule has 0 amide bonds. The van der Waals surface area contributed by atoms with E-state index in [9.17, 15) is 9.90 Å². The smallest absolute Gasteiger partial charge is 0.267 e. The monoisotopic (exact) mass is 210 g/mol. The van der Waals surface area contributed by atoms with Gasteiger partial charge in [-0.3, -0.25) is 9.89 Å². The fraction of sp³-hybridized carbons (Fsp3) is 0.727. The molecule has 0 radical (unpaired) electrons. The topological polar surface area (TPSA) is 68.9 Å². The highest BCUT2D eigenvalue weighted by Crippen LogP contribution is 2.53. The average molecular weight is 210 g/mol. The molecule has 84 valence electrons. The third kappa shape index (κ3) is 1.35. The standard InChI is InChI=1S/C11H18N2O2/c1-10(2)8(4-5-11(10,3)15)7-6-12-13-9(7)14/h6,8,15H,4-5H2,1-3H3,(H2,12,13,14)/t8-,11-/m1/s1. The number of H-pyrrole nitrogens is 2. The van der Waals surface area contributed by atoms with Gasteiger partial charge in [0.15, 0.2) is 0 Å². The molecule has 0 aliphatic heterocycles. The first-order chi connectivity index (χ1) is 6.86. The van der Waals surface area contributed by atoms with Crippen LogP contribution in [0.4, 0.5) is 0 Å². The van der Waals surface area contributed by atoms with Crippen LogP contribution in [0.1, 0.15) is 45.1 Å². The Balaban J connectivity index is 2.42. The quantitative estimate of drug-likeness (QED) is 0.655. The predicted octanol–water partition coefficient (Wildman–Crippen LogP) is 1.36. The van der Waals surface area contributed by atoms with E-state index < -0.39 is 5.60 Å². The summed E-state index contributed by atoms with van der Waals surface area (Å²) in [6, 6.07) is 0. The maximum atomic E-state index is 11.5. The average Bonchev–Trinajstić information content (AvgIpc) is 2.58. The number of aromatic amines is 2. The van der Waals surface area contributed by atoms with E-state index in [4.69, 9.17) is 0 Å². The molecule has 1 saturated carbocycles. The van der Waals surface area contributed by atoms with Gasteiger partial charge in [0, 0.05) is 17.2 Å². The Bertz CT molecular complexity index is 414. The van der Waals surface area contributed by atoms with Gasteiger partial charge in [-0.25, -0.2) is 0 Å². The van der Waals surface area contributed by atoms with E-state index in [1.54, 1.807) is 6.20 Å². The van der Waals surface area contributed by atoms with Gasteiger partial charge < -0.3 is 10.2 Å². The van der Waals surface area contributed by atoms with Gasteiger partial charge in [0.05, 0.1) is 5.60 Å². The van der Waals surface area contributed by atoms with Gasteiger partial charge in [-0.1, -0.05) is 13.8 Å². The van der Waals surface area contributed by atoms with Crippen LogP contribution in [-0.4, -0.2) is 20.9 Å². The second-order valence-corrected chi connectivity index (χ2v) is 5.28. The zero-order valence-electron chi connectivity index (χ0n) is 9.42. The lowest BCUT2D eigenvalue weighted by atomic mass is 9.71.